The summed E-state index contributed by atoms with van der Waals surface area (Å²) in [5, 5.41) is 2.88. The first-order valence-corrected chi connectivity index (χ1v) is 8.31. The van der Waals surface area contributed by atoms with Crippen LogP contribution in [0.25, 0.3) is 0 Å². The summed E-state index contributed by atoms with van der Waals surface area (Å²) < 4.78 is 37.6. The quantitative estimate of drug-likeness (QED) is 0.808. The maximum absolute atomic E-state index is 12.5. The largest absolute Gasteiger partial charge is 0.416 e. The Morgan fingerprint density at radius 2 is 2.04 bits per heavy atom. The highest BCUT2D eigenvalue weighted by Gasteiger charge is 2.42. The van der Waals surface area contributed by atoms with Gasteiger partial charge < -0.3 is 10.2 Å². The van der Waals surface area contributed by atoms with E-state index in [1.807, 2.05) is 6.08 Å². The minimum Gasteiger partial charge on any atom is -0.346 e. The average Bonchev–Trinajstić information content (AvgIpc) is 2.59. The highest BCUT2D eigenvalue weighted by molar-refractivity contribution is 5.94. The van der Waals surface area contributed by atoms with Gasteiger partial charge in [-0.3, -0.25) is 4.79 Å². The maximum Gasteiger partial charge on any atom is 0.416 e. The summed E-state index contributed by atoms with van der Waals surface area (Å²) in [6, 6.07) is 4.73. The van der Waals surface area contributed by atoms with Gasteiger partial charge in [-0.1, -0.05) is 6.08 Å². The van der Waals surface area contributed by atoms with E-state index in [4.69, 9.17) is 0 Å². The second kappa shape index (κ2) is 6.59. The Morgan fingerprint density at radius 3 is 2.58 bits per heavy atom. The molecule has 3 aliphatic heterocycles. The van der Waals surface area contributed by atoms with Crippen molar-refractivity contribution in [2.45, 2.75) is 25.1 Å². The molecular formula is C18H22F3N2O+. The minimum absolute atomic E-state index is 0.262. The van der Waals surface area contributed by atoms with E-state index < -0.39 is 11.7 Å². The molecule has 1 amide bonds. The summed E-state index contributed by atoms with van der Waals surface area (Å²) in [5.74, 6) is 0.898. The third kappa shape index (κ3) is 3.48. The average molecular weight is 339 g/mol. The lowest BCUT2D eigenvalue weighted by molar-refractivity contribution is -0.944. The zero-order valence-electron chi connectivity index (χ0n) is 13.4. The second-order valence-electron chi connectivity index (χ2n) is 6.78. The number of alkyl halides is 3. The zero-order valence-corrected chi connectivity index (χ0v) is 13.4. The monoisotopic (exact) mass is 339 g/mol. The molecule has 0 aliphatic carbocycles. The Hall–Kier alpha value is -1.82. The molecule has 3 aliphatic rings. The number of rotatable bonds is 4. The molecule has 6 heteroatoms. The number of piperidine rings is 3. The van der Waals surface area contributed by atoms with Gasteiger partial charge >= 0.3 is 6.18 Å². The summed E-state index contributed by atoms with van der Waals surface area (Å²) in [6.07, 6.45) is -0.0653. The molecule has 0 spiro atoms. The molecule has 2 bridgehead atoms. The lowest BCUT2D eigenvalue weighted by Crippen LogP contribution is -3.20. The van der Waals surface area contributed by atoms with E-state index in [1.165, 1.54) is 23.5 Å². The van der Waals surface area contributed by atoms with E-state index >= 15 is 0 Å². The molecule has 3 heterocycles. The molecule has 3 fully saturated rings. The molecule has 2 N–H and O–H groups in total. The van der Waals surface area contributed by atoms with Gasteiger partial charge in [-0.25, -0.2) is 0 Å². The molecule has 3 nitrogen and oxygen atoms in total. The highest BCUT2D eigenvalue weighted by Crippen LogP contribution is 2.29. The van der Waals surface area contributed by atoms with Crippen molar-refractivity contribution in [1.82, 2.24) is 5.32 Å². The number of carbonyl (C=O) groups is 1. The van der Waals surface area contributed by atoms with E-state index in [2.05, 4.69) is 11.9 Å². The van der Waals surface area contributed by atoms with Gasteiger partial charge in [-0.15, -0.1) is 6.58 Å². The van der Waals surface area contributed by atoms with Gasteiger partial charge in [0.25, 0.3) is 5.91 Å². The van der Waals surface area contributed by atoms with Gasteiger partial charge in [0.2, 0.25) is 0 Å². The fraction of sp³-hybridized carbons (Fsp3) is 0.500. The number of benzene rings is 1. The highest BCUT2D eigenvalue weighted by atomic mass is 19.4. The second-order valence-corrected chi connectivity index (χ2v) is 6.78. The van der Waals surface area contributed by atoms with Crippen LogP contribution in [-0.4, -0.2) is 31.6 Å². The number of hydrogen-bond acceptors (Lipinski definition) is 1. The van der Waals surface area contributed by atoms with Crippen molar-refractivity contribution in [3.05, 3.63) is 48.0 Å². The van der Waals surface area contributed by atoms with E-state index in [1.54, 1.807) is 0 Å². The smallest absolute Gasteiger partial charge is 0.346 e. The van der Waals surface area contributed by atoms with Crippen LogP contribution < -0.4 is 10.2 Å². The van der Waals surface area contributed by atoms with Crippen molar-refractivity contribution in [1.29, 1.82) is 0 Å². The summed E-state index contributed by atoms with van der Waals surface area (Å²) >= 11 is 0. The van der Waals surface area contributed by atoms with Crippen molar-refractivity contribution in [3.63, 3.8) is 0 Å². The standard InChI is InChI=1S/C18H21F3N2O/c1-2-12-11-23-8-7-14(12)9-16(23)10-22-17(24)13-3-5-15(6-4-13)18(19,20)21/h2-6,12,14,16H,1,7-11H2,(H,22,24)/p+1/t12-,14-,16+/m0/s1. The predicted molar refractivity (Wildman–Crippen MR) is 84.7 cm³/mol. The molecular weight excluding hydrogens is 317 g/mol. The van der Waals surface area contributed by atoms with E-state index in [9.17, 15) is 18.0 Å². The van der Waals surface area contributed by atoms with Gasteiger partial charge in [0.05, 0.1) is 25.2 Å². The molecule has 1 aromatic carbocycles. The van der Waals surface area contributed by atoms with Crippen molar-refractivity contribution in [3.8, 4) is 0 Å². The summed E-state index contributed by atoms with van der Waals surface area (Å²) in [5.41, 5.74) is -0.479. The fourth-order valence-corrected chi connectivity index (χ4v) is 3.98. The van der Waals surface area contributed by atoms with Gasteiger partial charge in [0.1, 0.15) is 6.04 Å². The number of amides is 1. The predicted octanol–water partition coefficient (Wildman–Crippen LogP) is 1.91. The lowest BCUT2D eigenvalue weighted by Gasteiger charge is -2.46. The van der Waals surface area contributed by atoms with Crippen LogP contribution in [0.4, 0.5) is 13.2 Å². The Morgan fingerprint density at radius 1 is 1.33 bits per heavy atom. The molecule has 1 aromatic rings. The van der Waals surface area contributed by atoms with Crippen LogP contribution in [0.15, 0.2) is 36.9 Å². The lowest BCUT2D eigenvalue weighted by atomic mass is 9.75. The van der Waals surface area contributed by atoms with Crippen LogP contribution in [-0.2, 0) is 6.18 Å². The van der Waals surface area contributed by atoms with E-state index in [0.29, 0.717) is 24.4 Å². The van der Waals surface area contributed by atoms with Crippen molar-refractivity contribution in [2.75, 3.05) is 19.6 Å². The third-order valence-corrected chi connectivity index (χ3v) is 5.39. The Kier molecular flexibility index (Phi) is 4.67. The molecule has 0 aromatic heterocycles. The Balaban J connectivity index is 1.56. The van der Waals surface area contributed by atoms with Crippen LogP contribution >= 0.6 is 0 Å². The van der Waals surface area contributed by atoms with E-state index in [-0.39, 0.29) is 11.5 Å². The number of carbonyl (C=O) groups excluding carboxylic acids is 1. The molecule has 4 atom stereocenters. The Labute approximate surface area is 139 Å². The summed E-state index contributed by atoms with van der Waals surface area (Å²) in [6.45, 7) is 6.65. The number of halogens is 3. The van der Waals surface area contributed by atoms with Crippen LogP contribution in [0.1, 0.15) is 28.8 Å². The molecule has 130 valence electrons. The number of hydrogen-bond donors (Lipinski definition) is 2. The van der Waals surface area contributed by atoms with Crippen LogP contribution in [0.2, 0.25) is 0 Å². The first-order chi connectivity index (χ1) is 11.4. The van der Waals surface area contributed by atoms with Gasteiger partial charge in [0, 0.05) is 24.3 Å². The van der Waals surface area contributed by atoms with Gasteiger partial charge in [0.15, 0.2) is 0 Å². The fourth-order valence-electron chi connectivity index (χ4n) is 3.98. The summed E-state index contributed by atoms with van der Waals surface area (Å²) in [4.78, 5) is 13.7. The SMILES string of the molecule is C=C[C@H]1C[NH+]2CC[C@H]1C[C@@H]2CNC(=O)c1ccc(C(F)(F)F)cc1. The maximum atomic E-state index is 12.5. The molecule has 4 rings (SSSR count). The number of quaternary nitrogens is 1. The van der Waals surface area contributed by atoms with E-state index in [0.717, 1.165) is 31.6 Å². The van der Waals surface area contributed by atoms with Crippen molar-refractivity contribution >= 4 is 5.91 Å². The third-order valence-electron chi connectivity index (χ3n) is 5.39. The van der Waals surface area contributed by atoms with Gasteiger partial charge in [-0.05, 0) is 30.2 Å². The molecule has 24 heavy (non-hydrogen) atoms. The minimum atomic E-state index is -4.38. The zero-order chi connectivity index (χ0) is 17.3. The van der Waals surface area contributed by atoms with Crippen molar-refractivity contribution < 1.29 is 22.9 Å². The number of fused-ring (bicyclic) bond motifs is 3. The molecule has 0 radical (unpaired) electrons. The van der Waals surface area contributed by atoms with Gasteiger partial charge in [-0.2, -0.15) is 13.2 Å². The first-order valence-electron chi connectivity index (χ1n) is 8.31. The normalized spacial score (nSPS) is 29.3. The van der Waals surface area contributed by atoms with Crippen molar-refractivity contribution in [2.24, 2.45) is 11.8 Å². The first kappa shape index (κ1) is 17.0. The van der Waals surface area contributed by atoms with Crippen LogP contribution in [0.3, 0.4) is 0 Å². The Bertz CT molecular complexity index is 612. The van der Waals surface area contributed by atoms with Crippen LogP contribution in [0, 0.1) is 11.8 Å². The molecule has 0 saturated carbocycles. The number of nitrogens with one attached hydrogen (secondary N) is 2. The topological polar surface area (TPSA) is 33.5 Å². The molecule has 1 unspecified atom stereocenters. The summed E-state index contributed by atoms with van der Waals surface area (Å²) in [7, 11) is 0. The van der Waals surface area contributed by atoms with Crippen LogP contribution in [0.5, 0.6) is 0 Å². The molecule has 3 saturated heterocycles.